The minimum absolute atomic E-state index is 0.137. The number of rotatable bonds is 2. The van der Waals surface area contributed by atoms with E-state index in [0.29, 0.717) is 26.1 Å². The van der Waals surface area contributed by atoms with Crippen LogP contribution in [0.5, 0.6) is 0 Å². The highest BCUT2D eigenvalue weighted by Gasteiger charge is 2.38. The molecule has 2 aliphatic rings. The molecular formula is C16H20N4O4. The summed E-state index contributed by atoms with van der Waals surface area (Å²) in [5, 5.41) is 2.87. The molecule has 1 aromatic rings. The lowest BCUT2D eigenvalue weighted by Crippen LogP contribution is -2.64. The largest absolute Gasteiger partial charge is 0.453 e. The number of ether oxygens (including phenoxy) is 1. The molecule has 1 unspecified atom stereocenters. The van der Waals surface area contributed by atoms with Crippen LogP contribution in [-0.2, 0) is 22.5 Å². The van der Waals surface area contributed by atoms with Crippen LogP contribution in [0.4, 0.5) is 9.59 Å². The Kier molecular flexibility index (Phi) is 4.28. The van der Waals surface area contributed by atoms with E-state index in [1.807, 2.05) is 24.3 Å². The van der Waals surface area contributed by atoms with Crippen LogP contribution in [-0.4, -0.2) is 60.1 Å². The fraction of sp³-hybridized carbons (Fsp3) is 0.438. The van der Waals surface area contributed by atoms with Crippen LogP contribution in [0.1, 0.15) is 11.1 Å². The highest BCUT2D eigenvalue weighted by atomic mass is 16.5. The number of primary amides is 1. The second-order valence-corrected chi connectivity index (χ2v) is 6.04. The zero-order valence-corrected chi connectivity index (χ0v) is 13.4. The summed E-state index contributed by atoms with van der Waals surface area (Å²) in [4.78, 5) is 38.6. The average Bonchev–Trinajstić information content (AvgIpc) is 2.55. The van der Waals surface area contributed by atoms with Crippen LogP contribution in [0.15, 0.2) is 24.3 Å². The molecule has 0 radical (unpaired) electrons. The van der Waals surface area contributed by atoms with Gasteiger partial charge in [0.05, 0.1) is 19.7 Å². The molecule has 1 atom stereocenters. The maximum atomic E-state index is 12.6. The Bertz CT molecular complexity index is 672. The van der Waals surface area contributed by atoms with E-state index in [9.17, 15) is 14.4 Å². The number of likely N-dealkylation sites (tertiary alicyclic amines) is 1. The van der Waals surface area contributed by atoms with Crippen molar-refractivity contribution in [2.24, 2.45) is 5.73 Å². The number of urea groups is 1. The lowest BCUT2D eigenvalue weighted by atomic mass is 9.93. The van der Waals surface area contributed by atoms with Crippen molar-refractivity contribution >= 4 is 18.0 Å². The summed E-state index contributed by atoms with van der Waals surface area (Å²) in [5.74, 6) is -0.246. The molecule has 3 N–H and O–H groups in total. The van der Waals surface area contributed by atoms with Gasteiger partial charge in [-0.15, -0.1) is 0 Å². The molecule has 0 aliphatic carbocycles. The predicted molar refractivity (Wildman–Crippen MR) is 85.0 cm³/mol. The fourth-order valence-electron chi connectivity index (χ4n) is 3.11. The zero-order chi connectivity index (χ0) is 17.3. The Morgan fingerprint density at radius 1 is 1.21 bits per heavy atom. The maximum Gasteiger partial charge on any atom is 0.410 e. The standard InChI is InChI=1S/C16H20N4O4/c1-24-16(23)20-7-11-5-3-2-4-10(11)6-13(20)14(21)18-12-8-19(9-12)15(17)22/h2-5,12-13H,6-9H2,1H3,(H2,17,22)(H,18,21). The lowest BCUT2D eigenvalue weighted by molar-refractivity contribution is -0.128. The van der Waals surface area contributed by atoms with Gasteiger partial charge in [-0.25, -0.2) is 9.59 Å². The number of amides is 4. The van der Waals surface area contributed by atoms with Crippen molar-refractivity contribution in [1.29, 1.82) is 0 Å². The molecule has 8 nitrogen and oxygen atoms in total. The van der Waals surface area contributed by atoms with E-state index in [2.05, 4.69) is 5.32 Å². The molecule has 2 aliphatic heterocycles. The Morgan fingerprint density at radius 3 is 2.50 bits per heavy atom. The summed E-state index contributed by atoms with van der Waals surface area (Å²) in [6.45, 7) is 1.12. The minimum atomic E-state index is -0.630. The van der Waals surface area contributed by atoms with Crippen molar-refractivity contribution in [2.75, 3.05) is 20.2 Å². The maximum absolute atomic E-state index is 12.6. The van der Waals surface area contributed by atoms with Crippen LogP contribution >= 0.6 is 0 Å². The number of carbonyl (C=O) groups is 3. The molecule has 1 aromatic carbocycles. The molecule has 0 saturated carbocycles. The summed E-state index contributed by atoms with van der Waals surface area (Å²) in [5.41, 5.74) is 7.23. The van der Waals surface area contributed by atoms with Gasteiger partial charge in [0, 0.05) is 19.5 Å². The monoisotopic (exact) mass is 332 g/mol. The van der Waals surface area contributed by atoms with Crippen molar-refractivity contribution in [1.82, 2.24) is 15.1 Å². The Balaban J connectivity index is 1.71. The first kappa shape index (κ1) is 16.1. The number of benzene rings is 1. The number of carbonyl (C=O) groups excluding carboxylic acids is 3. The van der Waals surface area contributed by atoms with Gasteiger partial charge in [-0.05, 0) is 11.1 Å². The van der Waals surface area contributed by atoms with Gasteiger partial charge in [0.25, 0.3) is 0 Å². The first-order valence-corrected chi connectivity index (χ1v) is 7.75. The van der Waals surface area contributed by atoms with E-state index >= 15 is 0 Å². The van der Waals surface area contributed by atoms with Gasteiger partial charge in [-0.2, -0.15) is 0 Å². The molecule has 1 fully saturated rings. The third kappa shape index (κ3) is 2.99. The average molecular weight is 332 g/mol. The molecule has 128 valence electrons. The minimum Gasteiger partial charge on any atom is -0.453 e. The number of nitrogens with two attached hydrogens (primary N) is 1. The van der Waals surface area contributed by atoms with E-state index in [4.69, 9.17) is 10.5 Å². The van der Waals surface area contributed by atoms with Crippen molar-refractivity contribution in [2.45, 2.75) is 25.0 Å². The summed E-state index contributed by atoms with van der Waals surface area (Å²) in [7, 11) is 1.30. The van der Waals surface area contributed by atoms with E-state index in [-0.39, 0.29) is 11.9 Å². The first-order valence-electron chi connectivity index (χ1n) is 7.75. The molecule has 4 amide bonds. The van der Waals surface area contributed by atoms with Crippen LogP contribution in [0.3, 0.4) is 0 Å². The number of methoxy groups -OCH3 is 1. The highest BCUT2D eigenvalue weighted by Crippen LogP contribution is 2.24. The van der Waals surface area contributed by atoms with Crippen LogP contribution < -0.4 is 11.1 Å². The predicted octanol–water partition coefficient (Wildman–Crippen LogP) is 0.0588. The number of nitrogens with one attached hydrogen (secondary N) is 1. The third-order valence-corrected chi connectivity index (χ3v) is 4.50. The van der Waals surface area contributed by atoms with E-state index < -0.39 is 18.2 Å². The van der Waals surface area contributed by atoms with Crippen molar-refractivity contribution < 1.29 is 19.1 Å². The van der Waals surface area contributed by atoms with Crippen molar-refractivity contribution in [3.05, 3.63) is 35.4 Å². The number of hydrogen-bond donors (Lipinski definition) is 2. The van der Waals surface area contributed by atoms with E-state index in [1.54, 1.807) is 0 Å². The van der Waals surface area contributed by atoms with E-state index in [0.717, 1.165) is 11.1 Å². The van der Waals surface area contributed by atoms with Crippen molar-refractivity contribution in [3.63, 3.8) is 0 Å². The second kappa shape index (κ2) is 6.38. The molecule has 3 rings (SSSR count). The lowest BCUT2D eigenvalue weighted by Gasteiger charge is -2.40. The van der Waals surface area contributed by atoms with Gasteiger partial charge in [-0.1, -0.05) is 24.3 Å². The van der Waals surface area contributed by atoms with Gasteiger partial charge >= 0.3 is 12.1 Å². The molecule has 1 saturated heterocycles. The Labute approximate surface area is 139 Å². The van der Waals surface area contributed by atoms with Crippen LogP contribution in [0.2, 0.25) is 0 Å². The number of hydrogen-bond acceptors (Lipinski definition) is 4. The first-order chi connectivity index (χ1) is 11.5. The quantitative estimate of drug-likeness (QED) is 0.799. The summed E-state index contributed by atoms with van der Waals surface area (Å²) < 4.78 is 4.82. The van der Waals surface area contributed by atoms with Gasteiger partial charge in [0.2, 0.25) is 5.91 Å². The molecule has 0 spiro atoms. The molecular weight excluding hydrogens is 312 g/mol. The topological polar surface area (TPSA) is 105 Å². The van der Waals surface area contributed by atoms with Gasteiger partial charge < -0.3 is 20.7 Å². The third-order valence-electron chi connectivity index (χ3n) is 4.50. The van der Waals surface area contributed by atoms with Gasteiger partial charge in [0.1, 0.15) is 6.04 Å². The number of nitrogens with zero attached hydrogens (tertiary/aromatic N) is 2. The second-order valence-electron chi connectivity index (χ2n) is 6.04. The normalized spacial score (nSPS) is 20.0. The zero-order valence-electron chi connectivity index (χ0n) is 13.4. The SMILES string of the molecule is COC(=O)N1Cc2ccccc2CC1C(=O)NC1CN(C(N)=O)C1. The van der Waals surface area contributed by atoms with Crippen LogP contribution in [0, 0.1) is 0 Å². The van der Waals surface area contributed by atoms with Gasteiger partial charge in [-0.3, -0.25) is 9.69 Å². The molecule has 24 heavy (non-hydrogen) atoms. The molecule has 8 heteroatoms. The summed E-state index contributed by atoms with van der Waals surface area (Å²) in [6, 6.07) is 6.46. The smallest absolute Gasteiger partial charge is 0.410 e. The Morgan fingerprint density at radius 2 is 1.88 bits per heavy atom. The summed E-state index contributed by atoms with van der Waals surface area (Å²) in [6.07, 6.45) is -0.0966. The fourth-order valence-corrected chi connectivity index (χ4v) is 3.11. The number of fused-ring (bicyclic) bond motifs is 1. The molecule has 0 aromatic heterocycles. The molecule has 0 bridgehead atoms. The van der Waals surface area contributed by atoms with Crippen molar-refractivity contribution in [3.8, 4) is 0 Å². The van der Waals surface area contributed by atoms with E-state index in [1.165, 1.54) is 16.9 Å². The summed E-state index contributed by atoms with van der Waals surface area (Å²) >= 11 is 0. The highest BCUT2D eigenvalue weighted by molar-refractivity contribution is 5.87. The molecule has 2 heterocycles. The van der Waals surface area contributed by atoms with Gasteiger partial charge in [0.15, 0.2) is 0 Å². The van der Waals surface area contributed by atoms with Crippen LogP contribution in [0.25, 0.3) is 0 Å². The Hall–Kier alpha value is -2.77.